The van der Waals surface area contributed by atoms with Gasteiger partial charge in [0, 0.05) is 12.1 Å². The Morgan fingerprint density at radius 2 is 1.94 bits per heavy atom. The van der Waals surface area contributed by atoms with Gasteiger partial charge in [-0.3, -0.25) is 4.79 Å². The zero-order chi connectivity index (χ0) is 12.8. The molecule has 1 rings (SSSR count). The summed E-state index contributed by atoms with van der Waals surface area (Å²) in [6, 6.07) is 4.78. The predicted octanol–water partition coefficient (Wildman–Crippen LogP) is 0.504. The minimum Gasteiger partial charge on any atom is -0.465 e. The van der Waals surface area contributed by atoms with Crippen LogP contribution in [0.2, 0.25) is 0 Å². The van der Waals surface area contributed by atoms with Gasteiger partial charge in [0.2, 0.25) is 0 Å². The van der Waals surface area contributed by atoms with Crippen LogP contribution < -0.4 is 5.32 Å². The van der Waals surface area contributed by atoms with E-state index in [-0.39, 0.29) is 19.1 Å². The molecule has 0 bridgehead atoms. The number of hydrogen-bond acceptors (Lipinski definition) is 4. The zero-order valence-corrected chi connectivity index (χ0v) is 9.82. The Morgan fingerprint density at radius 1 is 1.29 bits per heavy atom. The van der Waals surface area contributed by atoms with E-state index in [2.05, 4.69) is 10.1 Å². The van der Waals surface area contributed by atoms with Crippen LogP contribution in [-0.2, 0) is 4.74 Å². The molecule has 1 amide bonds. The number of esters is 1. The van der Waals surface area contributed by atoms with E-state index in [1.165, 1.54) is 13.2 Å². The van der Waals surface area contributed by atoms with Crippen LogP contribution in [0, 0.1) is 6.92 Å². The number of amides is 1. The van der Waals surface area contributed by atoms with Crippen LogP contribution in [0.5, 0.6) is 0 Å². The normalized spacial score (nSPS) is 9.82. The van der Waals surface area contributed by atoms with Crippen molar-refractivity contribution >= 4 is 11.9 Å². The Morgan fingerprint density at radius 3 is 2.53 bits per heavy atom. The van der Waals surface area contributed by atoms with Gasteiger partial charge in [-0.25, -0.2) is 4.79 Å². The fourth-order valence-corrected chi connectivity index (χ4v) is 1.42. The maximum atomic E-state index is 11.6. The molecule has 0 aliphatic rings. The first-order chi connectivity index (χ1) is 8.08. The minimum absolute atomic E-state index is 0.124. The van der Waals surface area contributed by atoms with E-state index < -0.39 is 5.97 Å². The molecular formula is C12H15NO4. The van der Waals surface area contributed by atoms with E-state index in [9.17, 15) is 9.59 Å². The number of aryl methyl sites for hydroxylation is 1. The Bertz CT molecular complexity index is 429. The molecule has 0 saturated heterocycles. The Balaban J connectivity index is 2.96. The second-order valence-corrected chi connectivity index (χ2v) is 3.56. The van der Waals surface area contributed by atoms with Crippen molar-refractivity contribution in [2.45, 2.75) is 6.92 Å². The van der Waals surface area contributed by atoms with Crippen LogP contribution in [0.1, 0.15) is 26.3 Å². The first kappa shape index (κ1) is 13.2. The van der Waals surface area contributed by atoms with Gasteiger partial charge < -0.3 is 15.2 Å². The number of benzene rings is 1. The number of carbonyl (C=O) groups excluding carboxylic acids is 2. The minimum atomic E-state index is -0.482. The zero-order valence-electron chi connectivity index (χ0n) is 9.82. The maximum Gasteiger partial charge on any atom is 0.337 e. The molecule has 92 valence electrons. The smallest absolute Gasteiger partial charge is 0.337 e. The SMILES string of the molecule is COC(=O)c1cc(C)cc(C(=O)NCCO)c1. The van der Waals surface area contributed by atoms with Gasteiger partial charge in [-0.2, -0.15) is 0 Å². The van der Waals surface area contributed by atoms with E-state index in [1.807, 2.05) is 0 Å². The molecule has 2 N–H and O–H groups in total. The van der Waals surface area contributed by atoms with Crippen molar-refractivity contribution in [3.63, 3.8) is 0 Å². The largest absolute Gasteiger partial charge is 0.465 e. The highest BCUT2D eigenvalue weighted by molar-refractivity contribution is 5.98. The highest BCUT2D eigenvalue weighted by atomic mass is 16.5. The van der Waals surface area contributed by atoms with Gasteiger partial charge in [-0.1, -0.05) is 0 Å². The number of ether oxygens (including phenoxy) is 1. The second-order valence-electron chi connectivity index (χ2n) is 3.56. The Kier molecular flexibility index (Phi) is 4.66. The number of rotatable bonds is 4. The average molecular weight is 237 g/mol. The van der Waals surface area contributed by atoms with Crippen LogP contribution in [-0.4, -0.2) is 37.2 Å². The van der Waals surface area contributed by atoms with Gasteiger partial charge in [0.1, 0.15) is 0 Å². The Hall–Kier alpha value is -1.88. The van der Waals surface area contributed by atoms with E-state index in [1.54, 1.807) is 19.1 Å². The molecule has 5 nitrogen and oxygen atoms in total. The lowest BCUT2D eigenvalue weighted by Gasteiger charge is -2.06. The molecule has 0 heterocycles. The van der Waals surface area contributed by atoms with Crippen molar-refractivity contribution in [3.8, 4) is 0 Å². The molecule has 1 aromatic carbocycles. The van der Waals surface area contributed by atoms with Crippen molar-refractivity contribution in [1.29, 1.82) is 0 Å². The number of aliphatic hydroxyl groups is 1. The van der Waals surface area contributed by atoms with Crippen LogP contribution in [0.4, 0.5) is 0 Å². The van der Waals surface area contributed by atoms with Crippen LogP contribution in [0.3, 0.4) is 0 Å². The number of nitrogens with one attached hydrogen (secondary N) is 1. The average Bonchev–Trinajstić information content (AvgIpc) is 2.34. The van der Waals surface area contributed by atoms with E-state index >= 15 is 0 Å². The molecule has 0 aliphatic carbocycles. The summed E-state index contributed by atoms with van der Waals surface area (Å²) in [6.45, 7) is 1.84. The lowest BCUT2D eigenvalue weighted by Crippen LogP contribution is -2.26. The summed E-state index contributed by atoms with van der Waals surface area (Å²) >= 11 is 0. The van der Waals surface area contributed by atoms with Crippen LogP contribution in [0.15, 0.2) is 18.2 Å². The molecule has 0 saturated carbocycles. The van der Waals surface area contributed by atoms with Gasteiger partial charge in [0.05, 0.1) is 19.3 Å². The van der Waals surface area contributed by atoms with Crippen molar-refractivity contribution < 1.29 is 19.4 Å². The number of aliphatic hydroxyl groups excluding tert-OH is 1. The summed E-state index contributed by atoms with van der Waals surface area (Å²) in [7, 11) is 1.29. The molecule has 0 spiro atoms. The van der Waals surface area contributed by atoms with Crippen molar-refractivity contribution in [2.24, 2.45) is 0 Å². The molecule has 0 fully saturated rings. The maximum absolute atomic E-state index is 11.6. The predicted molar refractivity (Wildman–Crippen MR) is 61.9 cm³/mol. The van der Waals surface area contributed by atoms with Crippen molar-refractivity contribution in [2.75, 3.05) is 20.3 Å². The lowest BCUT2D eigenvalue weighted by atomic mass is 10.1. The van der Waals surface area contributed by atoms with Crippen molar-refractivity contribution in [1.82, 2.24) is 5.32 Å². The first-order valence-electron chi connectivity index (χ1n) is 5.17. The topological polar surface area (TPSA) is 75.6 Å². The highest BCUT2D eigenvalue weighted by Crippen LogP contribution is 2.10. The summed E-state index contributed by atoms with van der Waals surface area (Å²) in [5.41, 5.74) is 1.50. The van der Waals surface area contributed by atoms with E-state index in [0.29, 0.717) is 11.1 Å². The summed E-state index contributed by atoms with van der Waals surface area (Å²) in [5, 5.41) is 11.1. The molecule has 0 unspecified atom stereocenters. The summed E-state index contributed by atoms with van der Waals surface area (Å²) in [5.74, 6) is -0.808. The Labute approximate surface area is 99.4 Å². The second kappa shape index (κ2) is 6.00. The van der Waals surface area contributed by atoms with Gasteiger partial charge in [0.25, 0.3) is 5.91 Å². The molecule has 1 aromatic rings. The van der Waals surface area contributed by atoms with Gasteiger partial charge in [-0.15, -0.1) is 0 Å². The highest BCUT2D eigenvalue weighted by Gasteiger charge is 2.11. The molecule has 17 heavy (non-hydrogen) atoms. The van der Waals surface area contributed by atoms with Gasteiger partial charge in [0.15, 0.2) is 0 Å². The van der Waals surface area contributed by atoms with Gasteiger partial charge in [-0.05, 0) is 30.7 Å². The van der Waals surface area contributed by atoms with Gasteiger partial charge >= 0.3 is 5.97 Å². The number of hydrogen-bond donors (Lipinski definition) is 2. The standard InChI is InChI=1S/C12H15NO4/c1-8-5-9(11(15)13-3-4-14)7-10(6-8)12(16)17-2/h5-7,14H,3-4H2,1-2H3,(H,13,15). The summed E-state index contributed by atoms with van der Waals surface area (Å²) in [6.07, 6.45) is 0. The summed E-state index contributed by atoms with van der Waals surface area (Å²) < 4.78 is 4.60. The van der Waals surface area contributed by atoms with Crippen molar-refractivity contribution in [3.05, 3.63) is 34.9 Å². The molecule has 0 atom stereocenters. The third kappa shape index (κ3) is 3.57. The third-order valence-corrected chi connectivity index (χ3v) is 2.16. The van der Waals surface area contributed by atoms with Crippen LogP contribution in [0.25, 0.3) is 0 Å². The number of methoxy groups -OCH3 is 1. The molecule has 0 radical (unpaired) electrons. The molecule has 0 aliphatic heterocycles. The number of carbonyl (C=O) groups is 2. The lowest BCUT2D eigenvalue weighted by molar-refractivity contribution is 0.0600. The fourth-order valence-electron chi connectivity index (χ4n) is 1.42. The van der Waals surface area contributed by atoms with E-state index in [4.69, 9.17) is 5.11 Å². The van der Waals surface area contributed by atoms with Crippen LogP contribution >= 0.6 is 0 Å². The quantitative estimate of drug-likeness (QED) is 0.748. The first-order valence-corrected chi connectivity index (χ1v) is 5.17. The summed E-state index contributed by atoms with van der Waals surface area (Å²) in [4.78, 5) is 23.0. The monoisotopic (exact) mass is 237 g/mol. The van der Waals surface area contributed by atoms with E-state index in [0.717, 1.165) is 5.56 Å². The molecular weight excluding hydrogens is 222 g/mol. The molecule has 5 heteroatoms. The fraction of sp³-hybridized carbons (Fsp3) is 0.333. The third-order valence-electron chi connectivity index (χ3n) is 2.16. The molecule has 0 aromatic heterocycles.